The molecule has 1 aliphatic carbocycles. The number of nitrogens with one attached hydrogen (secondary N) is 1. The number of amides is 1. The topological polar surface area (TPSA) is 58.4 Å². The predicted molar refractivity (Wildman–Crippen MR) is 77.8 cm³/mol. The van der Waals surface area contributed by atoms with E-state index in [2.05, 4.69) is 17.1 Å². The first-order valence-electron chi connectivity index (χ1n) is 7.92. The zero-order valence-corrected chi connectivity index (χ0v) is 12.2. The first kappa shape index (κ1) is 14.8. The second-order valence-corrected chi connectivity index (χ2v) is 6.39. The summed E-state index contributed by atoms with van der Waals surface area (Å²) in [4.78, 5) is 14.5. The molecule has 1 saturated heterocycles. The summed E-state index contributed by atoms with van der Waals surface area (Å²) in [5, 5.41) is 3.14. The summed E-state index contributed by atoms with van der Waals surface area (Å²) < 4.78 is 0. The highest BCUT2D eigenvalue weighted by molar-refractivity contribution is 5.76. The van der Waals surface area contributed by atoms with E-state index in [0.29, 0.717) is 12.3 Å². The fourth-order valence-corrected chi connectivity index (χ4v) is 3.46. The quantitative estimate of drug-likeness (QED) is 0.793. The van der Waals surface area contributed by atoms with Crippen LogP contribution in [0.15, 0.2) is 0 Å². The molecular weight excluding hydrogens is 238 g/mol. The summed E-state index contributed by atoms with van der Waals surface area (Å²) in [7, 11) is 0. The van der Waals surface area contributed by atoms with Crippen LogP contribution in [0.5, 0.6) is 0 Å². The molecule has 0 spiro atoms. The minimum atomic E-state index is 0.189. The smallest absolute Gasteiger partial charge is 0.220 e. The number of carbonyl (C=O) groups excluding carboxylic acids is 1. The van der Waals surface area contributed by atoms with Crippen LogP contribution in [0.1, 0.15) is 51.9 Å². The van der Waals surface area contributed by atoms with Gasteiger partial charge in [-0.3, -0.25) is 4.79 Å². The van der Waals surface area contributed by atoms with Gasteiger partial charge in [-0.25, -0.2) is 0 Å². The van der Waals surface area contributed by atoms with Gasteiger partial charge >= 0.3 is 0 Å². The maximum Gasteiger partial charge on any atom is 0.220 e. The Morgan fingerprint density at radius 1 is 1.26 bits per heavy atom. The number of hydrogen-bond donors (Lipinski definition) is 2. The molecule has 0 aromatic heterocycles. The highest BCUT2D eigenvalue weighted by atomic mass is 16.1. The summed E-state index contributed by atoms with van der Waals surface area (Å²) in [6, 6.07) is 0.485. The van der Waals surface area contributed by atoms with E-state index in [1.165, 1.54) is 38.8 Å². The molecule has 1 amide bonds. The third-order valence-corrected chi connectivity index (χ3v) is 4.55. The van der Waals surface area contributed by atoms with E-state index in [1.807, 2.05) is 0 Å². The Hall–Kier alpha value is -0.610. The zero-order chi connectivity index (χ0) is 13.7. The number of rotatable bonds is 5. The summed E-state index contributed by atoms with van der Waals surface area (Å²) >= 11 is 0. The average molecular weight is 267 g/mol. The molecule has 3 N–H and O–H groups in total. The van der Waals surface area contributed by atoms with Crippen LogP contribution in [0.3, 0.4) is 0 Å². The standard InChI is InChI=1S/C15H29N3O/c1-12(11-18-8-4-5-9-18)17-15(19)10-13-6-2-3-7-14(13)16/h12-14H,2-11,16H2,1H3,(H,17,19). The molecule has 1 heterocycles. The molecule has 1 aliphatic heterocycles. The monoisotopic (exact) mass is 267 g/mol. The summed E-state index contributed by atoms with van der Waals surface area (Å²) in [6.07, 6.45) is 7.89. The van der Waals surface area contributed by atoms with E-state index in [0.717, 1.165) is 19.4 Å². The van der Waals surface area contributed by atoms with Gasteiger partial charge in [-0.15, -0.1) is 0 Å². The normalized spacial score (nSPS) is 30.2. The summed E-state index contributed by atoms with van der Waals surface area (Å²) in [5.74, 6) is 0.585. The fraction of sp³-hybridized carbons (Fsp3) is 0.933. The third kappa shape index (κ3) is 4.77. The molecule has 0 aromatic rings. The van der Waals surface area contributed by atoms with E-state index < -0.39 is 0 Å². The van der Waals surface area contributed by atoms with Gasteiger partial charge < -0.3 is 16.0 Å². The van der Waals surface area contributed by atoms with Crippen LogP contribution < -0.4 is 11.1 Å². The lowest BCUT2D eigenvalue weighted by molar-refractivity contribution is -0.123. The Morgan fingerprint density at radius 2 is 1.95 bits per heavy atom. The van der Waals surface area contributed by atoms with Crippen molar-refractivity contribution in [3.63, 3.8) is 0 Å². The number of carbonyl (C=O) groups is 1. The van der Waals surface area contributed by atoms with Crippen molar-refractivity contribution in [1.82, 2.24) is 10.2 Å². The molecule has 3 atom stereocenters. The first-order chi connectivity index (χ1) is 9.15. The van der Waals surface area contributed by atoms with Crippen LogP contribution in [0.2, 0.25) is 0 Å². The van der Waals surface area contributed by atoms with Gasteiger partial charge in [-0.05, 0) is 51.6 Å². The van der Waals surface area contributed by atoms with Crippen LogP contribution in [0.25, 0.3) is 0 Å². The second kappa shape index (κ2) is 7.25. The molecular formula is C15H29N3O. The van der Waals surface area contributed by atoms with E-state index in [4.69, 9.17) is 5.73 Å². The van der Waals surface area contributed by atoms with E-state index in [-0.39, 0.29) is 18.0 Å². The Bertz CT molecular complexity index is 289. The van der Waals surface area contributed by atoms with Gasteiger partial charge in [0.2, 0.25) is 5.91 Å². The largest absolute Gasteiger partial charge is 0.352 e. The highest BCUT2D eigenvalue weighted by Crippen LogP contribution is 2.25. The maximum atomic E-state index is 12.1. The summed E-state index contributed by atoms with van der Waals surface area (Å²) in [5.41, 5.74) is 6.10. The van der Waals surface area contributed by atoms with Crippen molar-refractivity contribution in [3.8, 4) is 0 Å². The van der Waals surface area contributed by atoms with Crippen molar-refractivity contribution in [1.29, 1.82) is 0 Å². The predicted octanol–water partition coefficient (Wildman–Crippen LogP) is 1.49. The molecule has 1 saturated carbocycles. The van der Waals surface area contributed by atoms with Crippen molar-refractivity contribution in [2.24, 2.45) is 11.7 Å². The molecule has 4 nitrogen and oxygen atoms in total. The van der Waals surface area contributed by atoms with Crippen LogP contribution in [-0.4, -0.2) is 42.5 Å². The van der Waals surface area contributed by atoms with Gasteiger partial charge in [-0.2, -0.15) is 0 Å². The lowest BCUT2D eigenvalue weighted by Gasteiger charge is -2.29. The van der Waals surface area contributed by atoms with Crippen molar-refractivity contribution < 1.29 is 4.79 Å². The highest BCUT2D eigenvalue weighted by Gasteiger charge is 2.25. The summed E-state index contributed by atoms with van der Waals surface area (Å²) in [6.45, 7) is 5.47. The SMILES string of the molecule is CC(CN1CCCC1)NC(=O)CC1CCCCC1N. The van der Waals surface area contributed by atoms with Crippen molar-refractivity contribution >= 4 is 5.91 Å². The number of nitrogens with two attached hydrogens (primary N) is 1. The zero-order valence-electron chi connectivity index (χ0n) is 12.2. The van der Waals surface area contributed by atoms with Crippen LogP contribution in [0, 0.1) is 5.92 Å². The van der Waals surface area contributed by atoms with E-state index in [1.54, 1.807) is 0 Å². The van der Waals surface area contributed by atoms with Crippen molar-refractivity contribution in [2.45, 2.75) is 64.0 Å². The molecule has 19 heavy (non-hydrogen) atoms. The van der Waals surface area contributed by atoms with Crippen LogP contribution in [-0.2, 0) is 4.79 Å². The molecule has 0 bridgehead atoms. The molecule has 2 aliphatic rings. The Morgan fingerprint density at radius 3 is 2.63 bits per heavy atom. The molecule has 0 radical (unpaired) electrons. The Labute approximate surface area is 117 Å². The maximum absolute atomic E-state index is 12.1. The lowest BCUT2D eigenvalue weighted by atomic mass is 9.83. The van der Waals surface area contributed by atoms with Crippen molar-refractivity contribution in [3.05, 3.63) is 0 Å². The van der Waals surface area contributed by atoms with Gasteiger partial charge in [0, 0.05) is 25.0 Å². The number of likely N-dealkylation sites (tertiary alicyclic amines) is 1. The molecule has 4 heteroatoms. The van der Waals surface area contributed by atoms with Gasteiger partial charge in [0.1, 0.15) is 0 Å². The lowest BCUT2D eigenvalue weighted by Crippen LogP contribution is -2.43. The van der Waals surface area contributed by atoms with Gasteiger partial charge in [0.05, 0.1) is 0 Å². The number of nitrogens with zero attached hydrogens (tertiary/aromatic N) is 1. The van der Waals surface area contributed by atoms with Gasteiger partial charge in [-0.1, -0.05) is 12.8 Å². The van der Waals surface area contributed by atoms with Crippen LogP contribution in [0.4, 0.5) is 0 Å². The van der Waals surface area contributed by atoms with E-state index >= 15 is 0 Å². The van der Waals surface area contributed by atoms with E-state index in [9.17, 15) is 4.79 Å². The molecule has 3 unspecified atom stereocenters. The molecule has 2 fully saturated rings. The molecule has 2 rings (SSSR count). The third-order valence-electron chi connectivity index (χ3n) is 4.55. The van der Waals surface area contributed by atoms with Gasteiger partial charge in [0.15, 0.2) is 0 Å². The Kier molecular flexibility index (Phi) is 5.64. The molecule has 0 aromatic carbocycles. The van der Waals surface area contributed by atoms with Gasteiger partial charge in [0.25, 0.3) is 0 Å². The van der Waals surface area contributed by atoms with Crippen molar-refractivity contribution in [2.75, 3.05) is 19.6 Å². The number of hydrogen-bond acceptors (Lipinski definition) is 3. The average Bonchev–Trinajstić information content (AvgIpc) is 2.84. The fourth-order valence-electron chi connectivity index (χ4n) is 3.46. The minimum absolute atomic E-state index is 0.189. The second-order valence-electron chi connectivity index (χ2n) is 6.39. The molecule has 110 valence electrons. The minimum Gasteiger partial charge on any atom is -0.352 e. The first-order valence-corrected chi connectivity index (χ1v) is 7.92. The van der Waals surface area contributed by atoms with Crippen LogP contribution >= 0.6 is 0 Å². The Balaban J connectivity index is 1.67.